The van der Waals surface area contributed by atoms with Gasteiger partial charge in [-0.1, -0.05) is 31.4 Å². The third-order valence-corrected chi connectivity index (χ3v) is 7.21. The molecule has 0 saturated heterocycles. The van der Waals surface area contributed by atoms with Gasteiger partial charge in [0.15, 0.2) is 5.76 Å². The van der Waals surface area contributed by atoms with Gasteiger partial charge in [-0.3, -0.25) is 9.59 Å². The maximum Gasteiger partial charge on any atom is 0.287 e. The second-order valence-electron chi connectivity index (χ2n) is 7.28. The number of thiophene rings is 2. The minimum Gasteiger partial charge on any atom is -0.459 e. The lowest BCUT2D eigenvalue weighted by atomic mass is 9.92. The Hall–Kier alpha value is -2.38. The second-order valence-corrected chi connectivity index (χ2v) is 9.24. The van der Waals surface area contributed by atoms with Gasteiger partial charge in [0.05, 0.1) is 18.2 Å². The summed E-state index contributed by atoms with van der Waals surface area (Å²) < 4.78 is 5.26. The molecule has 0 aromatic carbocycles. The first-order valence-corrected chi connectivity index (χ1v) is 11.7. The van der Waals surface area contributed by atoms with Crippen molar-refractivity contribution in [3.05, 3.63) is 68.9 Å². The van der Waals surface area contributed by atoms with Gasteiger partial charge in [-0.15, -0.1) is 22.7 Å². The van der Waals surface area contributed by atoms with Crippen molar-refractivity contribution in [2.75, 3.05) is 0 Å². The van der Waals surface area contributed by atoms with Gasteiger partial charge in [-0.05, 0) is 47.9 Å². The van der Waals surface area contributed by atoms with Crippen LogP contribution in [0.2, 0.25) is 0 Å². The average molecular weight is 429 g/mol. The Balaban J connectivity index is 1.63. The number of nitrogens with one attached hydrogen (secondary N) is 2. The summed E-state index contributed by atoms with van der Waals surface area (Å²) in [6.07, 6.45) is 7.05. The minimum atomic E-state index is -0.491. The van der Waals surface area contributed by atoms with Crippen LogP contribution in [0.15, 0.2) is 57.8 Å². The Labute approximate surface area is 178 Å². The highest BCUT2D eigenvalue weighted by Crippen LogP contribution is 2.36. The number of furan rings is 1. The monoisotopic (exact) mass is 428 g/mol. The molecule has 1 saturated carbocycles. The summed E-state index contributed by atoms with van der Waals surface area (Å²) in [7, 11) is 0. The van der Waals surface area contributed by atoms with Crippen LogP contribution in [0.3, 0.4) is 0 Å². The van der Waals surface area contributed by atoms with E-state index in [4.69, 9.17) is 4.42 Å². The highest BCUT2D eigenvalue weighted by atomic mass is 32.1. The minimum absolute atomic E-state index is 0.0301. The fourth-order valence-corrected chi connectivity index (χ4v) is 5.53. The van der Waals surface area contributed by atoms with E-state index in [9.17, 15) is 9.59 Å². The molecule has 0 radical (unpaired) electrons. The summed E-state index contributed by atoms with van der Waals surface area (Å²) >= 11 is 3.08. The molecule has 2 atom stereocenters. The Morgan fingerprint density at radius 1 is 0.966 bits per heavy atom. The largest absolute Gasteiger partial charge is 0.459 e. The van der Waals surface area contributed by atoms with E-state index >= 15 is 0 Å². The average Bonchev–Trinajstić information content (AvgIpc) is 3.51. The van der Waals surface area contributed by atoms with E-state index in [1.807, 2.05) is 35.0 Å². The number of hydrogen-bond donors (Lipinski definition) is 2. The molecule has 0 aliphatic heterocycles. The van der Waals surface area contributed by atoms with Crippen LogP contribution in [0.1, 0.15) is 64.4 Å². The van der Waals surface area contributed by atoms with E-state index < -0.39 is 12.0 Å². The van der Waals surface area contributed by atoms with Crippen molar-refractivity contribution < 1.29 is 14.0 Å². The number of carbonyl (C=O) groups excluding carboxylic acids is 2. The zero-order valence-corrected chi connectivity index (χ0v) is 17.6. The van der Waals surface area contributed by atoms with Gasteiger partial charge in [0.2, 0.25) is 5.91 Å². The maximum absolute atomic E-state index is 13.4. The van der Waals surface area contributed by atoms with Crippen molar-refractivity contribution in [2.45, 2.75) is 50.1 Å². The van der Waals surface area contributed by atoms with Crippen LogP contribution in [-0.4, -0.2) is 17.9 Å². The lowest BCUT2D eigenvalue weighted by molar-refractivity contribution is -0.124. The molecule has 3 aromatic rings. The van der Waals surface area contributed by atoms with E-state index in [0.29, 0.717) is 0 Å². The maximum atomic E-state index is 13.4. The van der Waals surface area contributed by atoms with Gasteiger partial charge in [0.1, 0.15) is 0 Å². The highest BCUT2D eigenvalue weighted by Gasteiger charge is 2.35. The lowest BCUT2D eigenvalue weighted by Crippen LogP contribution is -2.43. The standard InChI is InChI=1S/C22H24N2O3S2/c25-21(16-9-4-12-27-16)24-20(18-11-6-14-29-18)19(17-10-5-13-28-17)22(26)23-15-7-2-1-3-8-15/h4-6,9-15,19-20H,1-3,7-8H2,(H,23,26)(H,24,25). The molecular formula is C22H24N2O3S2. The molecule has 152 valence electrons. The van der Waals surface area contributed by atoms with E-state index in [0.717, 1.165) is 35.4 Å². The van der Waals surface area contributed by atoms with Gasteiger partial charge < -0.3 is 15.1 Å². The van der Waals surface area contributed by atoms with Gasteiger partial charge in [-0.2, -0.15) is 0 Å². The van der Waals surface area contributed by atoms with E-state index in [1.54, 1.807) is 23.5 Å². The number of rotatable bonds is 7. The normalized spacial score (nSPS) is 16.8. The summed E-state index contributed by atoms with van der Waals surface area (Å²) in [5.41, 5.74) is 0. The Kier molecular flexibility index (Phi) is 6.46. The van der Waals surface area contributed by atoms with Crippen LogP contribution in [0.25, 0.3) is 0 Å². The van der Waals surface area contributed by atoms with Crippen LogP contribution in [0, 0.1) is 0 Å². The van der Waals surface area contributed by atoms with Crippen molar-refractivity contribution in [1.29, 1.82) is 0 Å². The van der Waals surface area contributed by atoms with Crippen LogP contribution >= 0.6 is 22.7 Å². The molecule has 0 bridgehead atoms. The zero-order chi connectivity index (χ0) is 20.1. The SMILES string of the molecule is O=C(NC(c1cccs1)C(C(=O)NC1CCCCC1)c1cccs1)c1ccco1. The first-order chi connectivity index (χ1) is 14.2. The predicted octanol–water partition coefficient (Wildman–Crippen LogP) is 5.11. The molecule has 3 aromatic heterocycles. The van der Waals surface area contributed by atoms with E-state index in [-0.39, 0.29) is 23.6 Å². The van der Waals surface area contributed by atoms with Gasteiger partial charge in [0.25, 0.3) is 5.91 Å². The van der Waals surface area contributed by atoms with Crippen LogP contribution < -0.4 is 10.6 Å². The Bertz CT molecular complexity index is 898. The molecule has 2 unspecified atom stereocenters. The van der Waals surface area contributed by atoms with Crippen molar-refractivity contribution >= 4 is 34.5 Å². The van der Waals surface area contributed by atoms with Gasteiger partial charge >= 0.3 is 0 Å². The molecule has 0 spiro atoms. The molecule has 2 N–H and O–H groups in total. The fraction of sp³-hybridized carbons (Fsp3) is 0.364. The molecule has 1 fully saturated rings. The molecular weight excluding hydrogens is 404 g/mol. The summed E-state index contributed by atoms with van der Waals surface area (Å²) in [6.45, 7) is 0. The first kappa shape index (κ1) is 19.9. The highest BCUT2D eigenvalue weighted by molar-refractivity contribution is 7.10. The Morgan fingerprint density at radius 2 is 1.69 bits per heavy atom. The van der Waals surface area contributed by atoms with Crippen molar-refractivity contribution in [3.8, 4) is 0 Å². The van der Waals surface area contributed by atoms with Crippen LogP contribution in [0.4, 0.5) is 0 Å². The topological polar surface area (TPSA) is 71.3 Å². The van der Waals surface area contributed by atoms with Crippen molar-refractivity contribution in [2.24, 2.45) is 0 Å². The summed E-state index contributed by atoms with van der Waals surface area (Å²) in [6, 6.07) is 10.9. The molecule has 29 heavy (non-hydrogen) atoms. The smallest absolute Gasteiger partial charge is 0.287 e. The summed E-state index contributed by atoms with van der Waals surface area (Å²) in [5.74, 6) is -0.600. The van der Waals surface area contributed by atoms with E-state index in [2.05, 4.69) is 10.6 Å². The number of carbonyl (C=O) groups is 2. The quantitative estimate of drug-likeness (QED) is 0.549. The van der Waals surface area contributed by atoms with Crippen LogP contribution in [0.5, 0.6) is 0 Å². The molecule has 3 heterocycles. The summed E-state index contributed by atoms with van der Waals surface area (Å²) in [4.78, 5) is 28.1. The molecule has 2 amide bonds. The fourth-order valence-electron chi connectivity index (χ4n) is 3.86. The van der Waals surface area contributed by atoms with Gasteiger partial charge in [-0.25, -0.2) is 0 Å². The zero-order valence-electron chi connectivity index (χ0n) is 16.0. The lowest BCUT2D eigenvalue weighted by Gasteiger charge is -2.29. The first-order valence-electron chi connectivity index (χ1n) is 9.94. The molecule has 4 rings (SSSR count). The van der Waals surface area contributed by atoms with Gasteiger partial charge in [0, 0.05) is 15.8 Å². The van der Waals surface area contributed by atoms with E-state index in [1.165, 1.54) is 24.0 Å². The van der Waals surface area contributed by atoms with Crippen molar-refractivity contribution in [3.63, 3.8) is 0 Å². The number of hydrogen-bond acceptors (Lipinski definition) is 5. The third kappa shape index (κ3) is 4.79. The molecule has 7 heteroatoms. The van der Waals surface area contributed by atoms with Crippen molar-refractivity contribution in [1.82, 2.24) is 10.6 Å². The number of amides is 2. The molecule has 1 aliphatic rings. The summed E-state index contributed by atoms with van der Waals surface area (Å²) in [5, 5.41) is 10.2. The second kappa shape index (κ2) is 9.41. The molecule has 5 nitrogen and oxygen atoms in total. The third-order valence-electron chi connectivity index (χ3n) is 5.30. The predicted molar refractivity (Wildman–Crippen MR) is 115 cm³/mol. The molecule has 1 aliphatic carbocycles. The van der Waals surface area contributed by atoms with Crippen LogP contribution in [-0.2, 0) is 4.79 Å². The Morgan fingerprint density at radius 3 is 2.31 bits per heavy atom.